The highest BCUT2D eigenvalue weighted by molar-refractivity contribution is 6.03. The number of nitrogens with one attached hydrogen (secondary N) is 1. The van der Waals surface area contributed by atoms with Crippen molar-refractivity contribution in [2.75, 3.05) is 37.1 Å². The van der Waals surface area contributed by atoms with Crippen molar-refractivity contribution >= 4 is 29.3 Å². The number of ether oxygens (including phenoxy) is 3. The summed E-state index contributed by atoms with van der Waals surface area (Å²) < 4.78 is 16.6. The predicted molar refractivity (Wildman–Crippen MR) is 136 cm³/mol. The van der Waals surface area contributed by atoms with E-state index < -0.39 is 0 Å². The number of methoxy groups -OCH3 is 1. The summed E-state index contributed by atoms with van der Waals surface area (Å²) in [5, 5.41) is 2.83. The molecule has 1 heterocycles. The molecule has 2 amide bonds. The lowest BCUT2D eigenvalue weighted by atomic mass is 10.2. The van der Waals surface area contributed by atoms with Gasteiger partial charge in [-0.15, -0.1) is 0 Å². The molecule has 0 radical (unpaired) electrons. The minimum atomic E-state index is -0.273. The van der Waals surface area contributed by atoms with E-state index in [4.69, 9.17) is 14.2 Å². The van der Waals surface area contributed by atoms with E-state index in [0.717, 1.165) is 17.1 Å². The fraction of sp³-hybridized carbons (Fsp3) is 0.214. The van der Waals surface area contributed by atoms with E-state index in [-0.39, 0.29) is 18.4 Å². The molecule has 7 heteroatoms. The molecular weight excluding hydrogens is 444 g/mol. The summed E-state index contributed by atoms with van der Waals surface area (Å²) in [7, 11) is 1.60. The summed E-state index contributed by atoms with van der Waals surface area (Å²) in [6.45, 7) is 2.99. The summed E-state index contributed by atoms with van der Waals surface area (Å²) >= 11 is 0. The van der Waals surface area contributed by atoms with Crippen LogP contribution in [0.1, 0.15) is 17.5 Å². The van der Waals surface area contributed by atoms with E-state index in [1.807, 2.05) is 55.5 Å². The Balaban J connectivity index is 1.34. The standard InChI is InChI=1S/C28H28N2O5/c1-20-7-11-23(12-8-20)34-16-4-15-30-25-13-10-22(18-26(25)35-19-28(30)32)29-27(31)14-9-21-5-3-6-24(17-21)33-2/h3,5-14,17-18H,4,15-16,19H2,1-2H3,(H,29,31)/b14-9+. The van der Waals surface area contributed by atoms with Crippen molar-refractivity contribution in [3.63, 3.8) is 0 Å². The fourth-order valence-corrected chi connectivity index (χ4v) is 3.68. The number of anilines is 2. The highest BCUT2D eigenvalue weighted by atomic mass is 16.5. The van der Waals surface area contributed by atoms with Crippen LogP contribution in [0.2, 0.25) is 0 Å². The molecule has 0 aromatic heterocycles. The van der Waals surface area contributed by atoms with Crippen LogP contribution in [0.25, 0.3) is 6.08 Å². The Labute approximate surface area is 204 Å². The third-order valence-electron chi connectivity index (χ3n) is 5.51. The molecule has 3 aromatic carbocycles. The van der Waals surface area contributed by atoms with Gasteiger partial charge in [0, 0.05) is 24.4 Å². The van der Waals surface area contributed by atoms with Gasteiger partial charge in [0.2, 0.25) is 5.91 Å². The van der Waals surface area contributed by atoms with Crippen molar-refractivity contribution in [2.45, 2.75) is 13.3 Å². The second-order valence-electron chi connectivity index (χ2n) is 8.13. The molecule has 180 valence electrons. The average Bonchev–Trinajstić information content (AvgIpc) is 2.87. The minimum absolute atomic E-state index is 0.0427. The van der Waals surface area contributed by atoms with Gasteiger partial charge in [0.15, 0.2) is 6.61 Å². The van der Waals surface area contributed by atoms with Crippen molar-refractivity contribution in [2.24, 2.45) is 0 Å². The van der Waals surface area contributed by atoms with Crippen molar-refractivity contribution in [3.05, 3.63) is 83.9 Å². The summed E-state index contributed by atoms with van der Waals surface area (Å²) in [4.78, 5) is 26.5. The molecule has 0 bridgehead atoms. The maximum absolute atomic E-state index is 12.5. The molecule has 35 heavy (non-hydrogen) atoms. The molecule has 0 atom stereocenters. The number of hydrogen-bond donors (Lipinski definition) is 1. The smallest absolute Gasteiger partial charge is 0.265 e. The number of benzene rings is 3. The zero-order valence-electron chi connectivity index (χ0n) is 19.8. The summed E-state index contributed by atoms with van der Waals surface area (Å²) in [5.41, 5.74) is 3.30. The van der Waals surface area contributed by atoms with E-state index in [0.29, 0.717) is 36.7 Å². The molecule has 0 aliphatic carbocycles. The van der Waals surface area contributed by atoms with Crippen molar-refractivity contribution in [3.8, 4) is 17.2 Å². The Morgan fingerprint density at radius 2 is 1.91 bits per heavy atom. The fourth-order valence-electron chi connectivity index (χ4n) is 3.68. The van der Waals surface area contributed by atoms with Crippen LogP contribution in [0.15, 0.2) is 72.8 Å². The Morgan fingerprint density at radius 1 is 1.09 bits per heavy atom. The van der Waals surface area contributed by atoms with E-state index in [9.17, 15) is 9.59 Å². The lowest BCUT2D eigenvalue weighted by molar-refractivity contribution is -0.121. The molecule has 0 saturated heterocycles. The summed E-state index contributed by atoms with van der Waals surface area (Å²) in [6, 6.07) is 20.6. The van der Waals surface area contributed by atoms with Crippen LogP contribution >= 0.6 is 0 Å². The van der Waals surface area contributed by atoms with Crippen molar-refractivity contribution in [1.29, 1.82) is 0 Å². The van der Waals surface area contributed by atoms with Crippen LogP contribution < -0.4 is 24.4 Å². The van der Waals surface area contributed by atoms with Gasteiger partial charge in [0.25, 0.3) is 5.91 Å². The van der Waals surface area contributed by atoms with Gasteiger partial charge in [-0.3, -0.25) is 9.59 Å². The van der Waals surface area contributed by atoms with Gasteiger partial charge in [-0.2, -0.15) is 0 Å². The van der Waals surface area contributed by atoms with E-state index in [1.54, 1.807) is 36.3 Å². The molecule has 0 spiro atoms. The van der Waals surface area contributed by atoms with Crippen LogP contribution in [0, 0.1) is 6.92 Å². The lowest BCUT2D eigenvalue weighted by Crippen LogP contribution is -2.39. The summed E-state index contributed by atoms with van der Waals surface area (Å²) in [5.74, 6) is 1.71. The van der Waals surface area contributed by atoms with Gasteiger partial charge < -0.3 is 24.4 Å². The maximum Gasteiger partial charge on any atom is 0.265 e. The first-order valence-electron chi connectivity index (χ1n) is 11.4. The molecule has 0 unspecified atom stereocenters. The zero-order valence-corrected chi connectivity index (χ0v) is 19.8. The van der Waals surface area contributed by atoms with Crippen LogP contribution in [0.3, 0.4) is 0 Å². The Hall–Kier alpha value is -4.26. The molecule has 4 rings (SSSR count). The van der Waals surface area contributed by atoms with E-state index in [2.05, 4.69) is 5.32 Å². The average molecular weight is 473 g/mol. The number of carbonyl (C=O) groups excluding carboxylic acids is 2. The van der Waals surface area contributed by atoms with Gasteiger partial charge in [-0.1, -0.05) is 29.8 Å². The summed E-state index contributed by atoms with van der Waals surface area (Å²) in [6.07, 6.45) is 3.84. The van der Waals surface area contributed by atoms with Crippen molar-refractivity contribution < 1.29 is 23.8 Å². The largest absolute Gasteiger partial charge is 0.497 e. The molecular formula is C28H28N2O5. The van der Waals surface area contributed by atoms with Crippen molar-refractivity contribution in [1.82, 2.24) is 0 Å². The predicted octanol–water partition coefficient (Wildman–Crippen LogP) is 4.85. The molecule has 1 aliphatic rings. The second kappa shape index (κ2) is 11.2. The molecule has 7 nitrogen and oxygen atoms in total. The van der Waals surface area contributed by atoms with Crippen LogP contribution in [-0.2, 0) is 9.59 Å². The van der Waals surface area contributed by atoms with Gasteiger partial charge in [-0.25, -0.2) is 0 Å². The number of nitrogens with zero attached hydrogens (tertiary/aromatic N) is 1. The molecule has 0 fully saturated rings. The highest BCUT2D eigenvalue weighted by Gasteiger charge is 2.25. The Morgan fingerprint density at radius 3 is 2.71 bits per heavy atom. The second-order valence-corrected chi connectivity index (χ2v) is 8.13. The highest BCUT2D eigenvalue weighted by Crippen LogP contribution is 2.34. The van der Waals surface area contributed by atoms with Crippen LogP contribution in [-0.4, -0.2) is 38.7 Å². The monoisotopic (exact) mass is 472 g/mol. The van der Waals surface area contributed by atoms with Gasteiger partial charge >= 0.3 is 0 Å². The molecule has 1 aliphatic heterocycles. The number of carbonyl (C=O) groups is 2. The number of amides is 2. The topological polar surface area (TPSA) is 77.1 Å². The quantitative estimate of drug-likeness (QED) is 0.356. The first-order chi connectivity index (χ1) is 17.0. The van der Waals surface area contributed by atoms with Crippen LogP contribution in [0.5, 0.6) is 17.2 Å². The van der Waals surface area contributed by atoms with E-state index >= 15 is 0 Å². The number of hydrogen-bond acceptors (Lipinski definition) is 5. The van der Waals surface area contributed by atoms with Crippen LogP contribution in [0.4, 0.5) is 11.4 Å². The van der Waals surface area contributed by atoms with E-state index in [1.165, 1.54) is 11.6 Å². The maximum atomic E-state index is 12.5. The lowest BCUT2D eigenvalue weighted by Gasteiger charge is -2.29. The van der Waals surface area contributed by atoms with Gasteiger partial charge in [0.05, 0.1) is 19.4 Å². The van der Waals surface area contributed by atoms with Gasteiger partial charge in [-0.05, 0) is 61.4 Å². The number of fused-ring (bicyclic) bond motifs is 1. The Kier molecular flexibility index (Phi) is 7.67. The molecule has 0 saturated carbocycles. The Bertz CT molecular complexity index is 1220. The molecule has 1 N–H and O–H groups in total. The first kappa shape index (κ1) is 23.9. The van der Waals surface area contributed by atoms with Gasteiger partial charge in [0.1, 0.15) is 17.2 Å². The normalized spacial score (nSPS) is 12.7. The first-order valence-corrected chi connectivity index (χ1v) is 11.4. The third-order valence-corrected chi connectivity index (χ3v) is 5.51. The zero-order chi connectivity index (χ0) is 24.6. The third kappa shape index (κ3) is 6.41. The number of aryl methyl sites for hydroxylation is 1. The number of rotatable bonds is 9. The SMILES string of the molecule is COc1cccc(/C=C/C(=O)Nc2ccc3c(c2)OCC(=O)N3CCCOc2ccc(C)cc2)c1. The minimum Gasteiger partial charge on any atom is -0.497 e. The molecule has 3 aromatic rings.